The van der Waals surface area contributed by atoms with Crippen LogP contribution in [0.3, 0.4) is 0 Å². The summed E-state index contributed by atoms with van der Waals surface area (Å²) >= 11 is 1.71. The van der Waals surface area contributed by atoms with Crippen molar-refractivity contribution < 1.29 is 9.47 Å². The highest BCUT2D eigenvalue weighted by Gasteiger charge is 2.12. The minimum atomic E-state index is 0.761. The summed E-state index contributed by atoms with van der Waals surface area (Å²) in [5.74, 6) is 2.43. The molecule has 0 spiro atoms. The maximum absolute atomic E-state index is 6.12. The van der Waals surface area contributed by atoms with E-state index < -0.39 is 0 Å². The number of thiophene rings is 1. The van der Waals surface area contributed by atoms with Crippen LogP contribution in [0.4, 0.5) is 17.2 Å². The van der Waals surface area contributed by atoms with Gasteiger partial charge >= 0.3 is 0 Å². The summed E-state index contributed by atoms with van der Waals surface area (Å²) in [6, 6.07) is 14.3. The van der Waals surface area contributed by atoms with E-state index in [4.69, 9.17) is 9.47 Å². The number of methoxy groups -OCH3 is 1. The van der Waals surface area contributed by atoms with Crippen LogP contribution in [0.1, 0.15) is 22.4 Å². The smallest absolute Gasteiger partial charge is 0.142 e. The monoisotopic (exact) mass is 444 g/mol. The number of aromatic nitrogens is 2. The molecule has 0 atom stereocenters. The minimum absolute atomic E-state index is 0.761. The standard InChI is InChI=1S/C25H24N4O2S/c1-16-12-18(6-8-23(16)31-19-7-5-17-9-10-26-22(17)13-19)29-24-21-14-20(4-3-11-30-2)32-25(21)28-15-27-24/h5-8,10,12-15H,3-4,9,11H2,1-2H3,(H,27,28,29). The predicted molar refractivity (Wildman–Crippen MR) is 130 cm³/mol. The van der Waals surface area contributed by atoms with Gasteiger partial charge in [-0.3, -0.25) is 4.99 Å². The Bertz CT molecular complexity index is 1300. The average molecular weight is 445 g/mol. The van der Waals surface area contributed by atoms with E-state index in [2.05, 4.69) is 38.5 Å². The fourth-order valence-corrected chi connectivity index (χ4v) is 4.80. The summed E-state index contributed by atoms with van der Waals surface area (Å²) in [5, 5.41) is 4.49. The molecule has 7 heteroatoms. The fourth-order valence-electron chi connectivity index (χ4n) is 3.77. The van der Waals surface area contributed by atoms with Crippen molar-refractivity contribution in [2.24, 2.45) is 4.99 Å². The van der Waals surface area contributed by atoms with Crippen LogP contribution in [0.25, 0.3) is 10.2 Å². The number of hydrogen-bond acceptors (Lipinski definition) is 7. The van der Waals surface area contributed by atoms with E-state index in [1.807, 2.05) is 37.4 Å². The normalized spacial score (nSPS) is 12.3. The Labute approximate surface area is 191 Å². The average Bonchev–Trinajstić information content (AvgIpc) is 3.42. The zero-order valence-electron chi connectivity index (χ0n) is 18.1. The summed E-state index contributed by atoms with van der Waals surface area (Å²) < 4.78 is 11.3. The van der Waals surface area contributed by atoms with Crippen LogP contribution in [-0.4, -0.2) is 29.9 Å². The lowest BCUT2D eigenvalue weighted by Gasteiger charge is -2.12. The van der Waals surface area contributed by atoms with Crippen molar-refractivity contribution in [3.05, 3.63) is 64.8 Å². The first-order valence-electron chi connectivity index (χ1n) is 10.6. The lowest BCUT2D eigenvalue weighted by Crippen LogP contribution is -1.96. The lowest BCUT2D eigenvalue weighted by atomic mass is 10.1. The molecular weight excluding hydrogens is 420 g/mol. The highest BCUT2D eigenvalue weighted by molar-refractivity contribution is 7.18. The summed E-state index contributed by atoms with van der Waals surface area (Å²) in [6.45, 7) is 2.80. The molecule has 2 aromatic carbocycles. The van der Waals surface area contributed by atoms with Crippen LogP contribution in [0.2, 0.25) is 0 Å². The Kier molecular flexibility index (Phi) is 5.83. The van der Waals surface area contributed by atoms with Crippen molar-refractivity contribution in [3.63, 3.8) is 0 Å². The molecule has 2 aromatic heterocycles. The van der Waals surface area contributed by atoms with Crippen molar-refractivity contribution >= 4 is 45.0 Å². The van der Waals surface area contributed by atoms with Crippen molar-refractivity contribution in [3.8, 4) is 11.5 Å². The van der Waals surface area contributed by atoms with Gasteiger partial charge in [-0.2, -0.15) is 0 Å². The maximum atomic E-state index is 6.12. The van der Waals surface area contributed by atoms with Crippen LogP contribution in [-0.2, 0) is 17.6 Å². The van der Waals surface area contributed by atoms with E-state index in [9.17, 15) is 0 Å². The number of aryl methyl sites for hydroxylation is 2. The molecule has 0 saturated heterocycles. The number of benzene rings is 2. The number of fused-ring (bicyclic) bond motifs is 2. The van der Waals surface area contributed by atoms with Gasteiger partial charge < -0.3 is 14.8 Å². The second-order valence-corrected chi connectivity index (χ2v) is 8.88. The molecule has 162 valence electrons. The Hall–Kier alpha value is -3.29. The molecule has 3 heterocycles. The second kappa shape index (κ2) is 9.06. The SMILES string of the molecule is COCCCc1cc2c(Nc3ccc(Oc4ccc5c(c4)N=CC5)c(C)c3)ncnc2s1. The van der Waals surface area contributed by atoms with E-state index in [-0.39, 0.29) is 0 Å². The van der Waals surface area contributed by atoms with Crippen LogP contribution in [0.5, 0.6) is 11.5 Å². The van der Waals surface area contributed by atoms with Crippen molar-refractivity contribution in [1.82, 2.24) is 9.97 Å². The fraction of sp³-hybridized carbons (Fsp3) is 0.240. The number of ether oxygens (including phenoxy) is 2. The quantitative estimate of drug-likeness (QED) is 0.320. The van der Waals surface area contributed by atoms with E-state index in [1.165, 1.54) is 10.4 Å². The Morgan fingerprint density at radius 2 is 2.03 bits per heavy atom. The third-order valence-electron chi connectivity index (χ3n) is 5.42. The van der Waals surface area contributed by atoms with Crippen LogP contribution in [0, 0.1) is 6.92 Å². The zero-order chi connectivity index (χ0) is 21.9. The third-order valence-corrected chi connectivity index (χ3v) is 6.52. The Morgan fingerprint density at radius 1 is 1.09 bits per heavy atom. The summed E-state index contributed by atoms with van der Waals surface area (Å²) in [5.41, 5.74) is 4.22. The van der Waals surface area contributed by atoms with Gasteiger partial charge in [0.25, 0.3) is 0 Å². The molecule has 4 aromatic rings. The van der Waals surface area contributed by atoms with Gasteiger partial charge in [0.2, 0.25) is 0 Å². The largest absolute Gasteiger partial charge is 0.457 e. The molecule has 0 fully saturated rings. The van der Waals surface area contributed by atoms with Crippen molar-refractivity contribution in [2.45, 2.75) is 26.2 Å². The first-order valence-corrected chi connectivity index (χ1v) is 11.4. The summed E-state index contributed by atoms with van der Waals surface area (Å²) in [4.78, 5) is 15.6. The molecule has 0 unspecified atom stereocenters. The molecule has 1 N–H and O–H groups in total. The first kappa shape index (κ1) is 20.6. The van der Waals surface area contributed by atoms with Gasteiger partial charge in [-0.05, 0) is 61.2 Å². The third kappa shape index (κ3) is 4.35. The van der Waals surface area contributed by atoms with Crippen LogP contribution in [0.15, 0.2) is 53.8 Å². The lowest BCUT2D eigenvalue weighted by molar-refractivity contribution is 0.195. The molecule has 0 saturated carbocycles. The van der Waals surface area contributed by atoms with E-state index >= 15 is 0 Å². The number of anilines is 2. The molecule has 1 aliphatic heterocycles. The molecule has 0 bridgehead atoms. The minimum Gasteiger partial charge on any atom is -0.457 e. The summed E-state index contributed by atoms with van der Waals surface area (Å²) in [7, 11) is 1.73. The molecule has 5 rings (SSSR count). The van der Waals surface area contributed by atoms with Gasteiger partial charge in [0.05, 0.1) is 11.1 Å². The molecule has 32 heavy (non-hydrogen) atoms. The maximum Gasteiger partial charge on any atom is 0.142 e. The number of hydrogen-bond donors (Lipinski definition) is 1. The van der Waals surface area contributed by atoms with E-state index in [1.54, 1.807) is 24.8 Å². The van der Waals surface area contributed by atoms with Gasteiger partial charge in [0.15, 0.2) is 0 Å². The highest BCUT2D eigenvalue weighted by atomic mass is 32.1. The summed E-state index contributed by atoms with van der Waals surface area (Å²) in [6.07, 6.45) is 6.41. The van der Waals surface area contributed by atoms with Crippen molar-refractivity contribution in [2.75, 3.05) is 19.0 Å². The second-order valence-electron chi connectivity index (χ2n) is 7.76. The van der Waals surface area contributed by atoms with Crippen LogP contribution < -0.4 is 10.1 Å². The van der Waals surface area contributed by atoms with Gasteiger partial charge in [0.1, 0.15) is 28.5 Å². The van der Waals surface area contributed by atoms with Gasteiger partial charge in [-0.15, -0.1) is 11.3 Å². The van der Waals surface area contributed by atoms with Gasteiger partial charge in [0, 0.05) is 43.0 Å². The highest BCUT2D eigenvalue weighted by Crippen LogP contribution is 2.34. The number of nitrogens with zero attached hydrogens (tertiary/aromatic N) is 3. The van der Waals surface area contributed by atoms with Gasteiger partial charge in [-0.1, -0.05) is 6.07 Å². The molecule has 0 radical (unpaired) electrons. The molecular formula is C25H24N4O2S. The number of aliphatic imine (C=N–C) groups is 1. The molecule has 1 aliphatic rings. The first-order chi connectivity index (χ1) is 15.7. The zero-order valence-corrected chi connectivity index (χ0v) is 18.9. The van der Waals surface area contributed by atoms with Crippen LogP contribution >= 0.6 is 11.3 Å². The van der Waals surface area contributed by atoms with Crippen molar-refractivity contribution in [1.29, 1.82) is 0 Å². The Morgan fingerprint density at radius 3 is 2.91 bits per heavy atom. The predicted octanol–water partition coefficient (Wildman–Crippen LogP) is 6.37. The molecule has 0 amide bonds. The number of rotatable bonds is 8. The molecule has 0 aliphatic carbocycles. The van der Waals surface area contributed by atoms with E-state index in [0.717, 1.165) is 70.3 Å². The topological polar surface area (TPSA) is 68.6 Å². The number of nitrogens with one attached hydrogen (secondary N) is 1. The van der Waals surface area contributed by atoms with Gasteiger partial charge in [-0.25, -0.2) is 9.97 Å². The molecule has 6 nitrogen and oxygen atoms in total. The van der Waals surface area contributed by atoms with E-state index in [0.29, 0.717) is 0 Å². The Balaban J connectivity index is 1.33.